The minimum absolute atomic E-state index is 0.197. The summed E-state index contributed by atoms with van der Waals surface area (Å²) >= 11 is 0. The largest absolute Gasteiger partial charge is 0.481 e. The van der Waals surface area contributed by atoms with Crippen LogP contribution in [-0.4, -0.2) is 33.5 Å². The maximum atomic E-state index is 10.4. The Morgan fingerprint density at radius 3 is 2.27 bits per heavy atom. The van der Waals surface area contributed by atoms with Crippen molar-refractivity contribution in [2.45, 2.75) is 70.5 Å². The molecule has 3 N–H and O–H groups in total. The third kappa shape index (κ3) is 18.4. The first-order valence-electron chi connectivity index (χ1n) is 9.44. The fourth-order valence-electron chi connectivity index (χ4n) is 2.11. The van der Waals surface area contributed by atoms with Crippen LogP contribution in [0.2, 0.25) is 0 Å². The summed E-state index contributed by atoms with van der Waals surface area (Å²) in [5.74, 6) is -0.766. The van der Waals surface area contributed by atoms with E-state index >= 15 is 0 Å². The van der Waals surface area contributed by atoms with Crippen molar-refractivity contribution in [1.29, 1.82) is 0 Å². The molecule has 0 saturated heterocycles. The fourth-order valence-corrected chi connectivity index (χ4v) is 2.11. The summed E-state index contributed by atoms with van der Waals surface area (Å²) in [6.45, 7) is 2.10. The Kier molecular flexibility index (Phi) is 16.6. The average molecular weight is 363 g/mol. The van der Waals surface area contributed by atoms with E-state index < -0.39 is 18.2 Å². The van der Waals surface area contributed by atoms with Crippen molar-refractivity contribution in [3.63, 3.8) is 0 Å². The number of rotatable bonds is 15. The van der Waals surface area contributed by atoms with Crippen molar-refractivity contribution in [2.24, 2.45) is 0 Å². The van der Waals surface area contributed by atoms with Crippen LogP contribution in [0.4, 0.5) is 0 Å². The number of allylic oxidation sites excluding steroid dienone is 6. The number of carboxylic acids is 1. The van der Waals surface area contributed by atoms with Gasteiger partial charge in [0, 0.05) is 6.42 Å². The summed E-state index contributed by atoms with van der Waals surface area (Å²) in [7, 11) is 0. The lowest BCUT2D eigenvalue weighted by molar-refractivity contribution is -0.137. The van der Waals surface area contributed by atoms with Crippen LogP contribution in [0.1, 0.15) is 58.3 Å². The van der Waals surface area contributed by atoms with Crippen molar-refractivity contribution in [3.8, 4) is 0 Å². The molecule has 0 rings (SSSR count). The van der Waals surface area contributed by atoms with E-state index in [-0.39, 0.29) is 6.42 Å². The first kappa shape index (κ1) is 24.1. The Hall–Kier alpha value is -1.91. The molecule has 0 aromatic rings. The fraction of sp³-hybridized carbons (Fsp3) is 0.500. The van der Waals surface area contributed by atoms with E-state index in [0.717, 1.165) is 25.7 Å². The van der Waals surface area contributed by atoms with Gasteiger partial charge in [-0.2, -0.15) is 0 Å². The van der Waals surface area contributed by atoms with Gasteiger partial charge in [-0.05, 0) is 44.9 Å². The second-order valence-electron chi connectivity index (χ2n) is 6.07. The normalized spacial score (nSPS) is 15.2. The number of hydrogen-bond acceptors (Lipinski definition) is 3. The molecule has 2 atom stereocenters. The molecule has 0 aromatic carbocycles. The number of carboxylic acid groups (broad SMARTS) is 1. The molecule has 0 radical (unpaired) electrons. The van der Waals surface area contributed by atoms with Gasteiger partial charge in [-0.25, -0.2) is 0 Å². The molecule has 0 aliphatic carbocycles. The van der Waals surface area contributed by atoms with Crippen LogP contribution in [0.25, 0.3) is 0 Å². The molecule has 146 valence electrons. The van der Waals surface area contributed by atoms with Crippen molar-refractivity contribution in [2.75, 3.05) is 0 Å². The Morgan fingerprint density at radius 2 is 1.54 bits per heavy atom. The zero-order chi connectivity index (χ0) is 19.5. The molecule has 0 spiro atoms. The highest BCUT2D eigenvalue weighted by atomic mass is 16.4. The maximum Gasteiger partial charge on any atom is 0.303 e. The summed E-state index contributed by atoms with van der Waals surface area (Å²) < 4.78 is 0. The predicted molar refractivity (Wildman–Crippen MR) is 108 cm³/mol. The van der Waals surface area contributed by atoms with Gasteiger partial charge in [0.05, 0.1) is 12.2 Å². The van der Waals surface area contributed by atoms with Gasteiger partial charge in [-0.3, -0.25) is 4.79 Å². The predicted octanol–water partition coefficient (Wildman–Crippen LogP) is 4.71. The van der Waals surface area contributed by atoms with Crippen molar-refractivity contribution in [1.82, 2.24) is 0 Å². The van der Waals surface area contributed by atoms with E-state index in [1.807, 2.05) is 30.4 Å². The van der Waals surface area contributed by atoms with E-state index in [9.17, 15) is 15.0 Å². The molecular weight excluding hydrogens is 328 g/mol. The molecule has 26 heavy (non-hydrogen) atoms. The topological polar surface area (TPSA) is 77.8 Å². The number of aliphatic carboxylic acids is 1. The molecular formula is C22H34O4. The zero-order valence-corrected chi connectivity index (χ0v) is 15.8. The van der Waals surface area contributed by atoms with E-state index in [2.05, 4.69) is 19.1 Å². The summed E-state index contributed by atoms with van der Waals surface area (Å²) in [4.78, 5) is 10.4. The Balaban J connectivity index is 3.80. The third-order valence-corrected chi connectivity index (χ3v) is 3.55. The number of hydrogen-bond donors (Lipinski definition) is 3. The molecule has 0 aliphatic heterocycles. The van der Waals surface area contributed by atoms with E-state index in [1.54, 1.807) is 18.2 Å². The number of unbranched alkanes of at least 4 members (excludes halogenated alkanes) is 2. The second kappa shape index (κ2) is 17.9. The van der Waals surface area contributed by atoms with E-state index in [0.29, 0.717) is 19.3 Å². The van der Waals surface area contributed by atoms with Crippen LogP contribution in [0, 0.1) is 0 Å². The molecule has 0 amide bonds. The molecule has 0 heterocycles. The summed E-state index contributed by atoms with van der Waals surface area (Å²) in [5.41, 5.74) is 0. The molecule has 4 heteroatoms. The van der Waals surface area contributed by atoms with Crippen molar-refractivity contribution < 1.29 is 20.1 Å². The minimum Gasteiger partial charge on any atom is -0.481 e. The number of aliphatic hydroxyl groups excluding tert-OH is 2. The molecule has 0 aromatic heterocycles. The summed E-state index contributed by atoms with van der Waals surface area (Å²) in [5, 5.41) is 28.1. The first-order chi connectivity index (χ1) is 12.6. The Bertz CT molecular complexity index is 486. The third-order valence-electron chi connectivity index (χ3n) is 3.55. The average Bonchev–Trinajstić information content (AvgIpc) is 2.60. The molecule has 0 fully saturated rings. The highest BCUT2D eigenvalue weighted by Gasteiger charge is 1.97. The van der Waals surface area contributed by atoms with Crippen LogP contribution in [0.3, 0.4) is 0 Å². The SMILES string of the molecule is CC/C=C\C/C=C\CC(O)/C=C\C=C/CC(O)/C=C/CCCCC(=O)O. The monoisotopic (exact) mass is 362 g/mol. The van der Waals surface area contributed by atoms with Gasteiger partial charge < -0.3 is 15.3 Å². The maximum absolute atomic E-state index is 10.4. The van der Waals surface area contributed by atoms with Crippen LogP contribution in [0.5, 0.6) is 0 Å². The number of carbonyl (C=O) groups is 1. The quantitative estimate of drug-likeness (QED) is 0.224. The summed E-state index contributed by atoms with van der Waals surface area (Å²) in [6, 6.07) is 0. The van der Waals surface area contributed by atoms with Crippen molar-refractivity contribution in [3.05, 3.63) is 60.8 Å². The molecule has 2 unspecified atom stereocenters. The van der Waals surface area contributed by atoms with Crippen molar-refractivity contribution >= 4 is 5.97 Å². The van der Waals surface area contributed by atoms with Gasteiger partial charge >= 0.3 is 5.97 Å². The number of aliphatic hydroxyl groups is 2. The molecule has 0 bridgehead atoms. The van der Waals surface area contributed by atoms with Gasteiger partial charge in [0.1, 0.15) is 0 Å². The Labute approximate surface area is 157 Å². The lowest BCUT2D eigenvalue weighted by Gasteiger charge is -2.01. The smallest absolute Gasteiger partial charge is 0.303 e. The lowest BCUT2D eigenvalue weighted by atomic mass is 10.1. The van der Waals surface area contributed by atoms with Crippen LogP contribution in [-0.2, 0) is 4.79 Å². The van der Waals surface area contributed by atoms with Gasteiger partial charge in [0.25, 0.3) is 0 Å². The zero-order valence-electron chi connectivity index (χ0n) is 15.8. The van der Waals surface area contributed by atoms with Crippen LogP contribution in [0.15, 0.2) is 60.8 Å². The highest BCUT2D eigenvalue weighted by Crippen LogP contribution is 2.03. The first-order valence-corrected chi connectivity index (χ1v) is 9.44. The molecule has 0 saturated carbocycles. The van der Waals surface area contributed by atoms with Gasteiger partial charge in [-0.15, -0.1) is 0 Å². The van der Waals surface area contributed by atoms with E-state index in [1.165, 1.54) is 0 Å². The second-order valence-corrected chi connectivity index (χ2v) is 6.07. The standard InChI is InChI=1S/C22H34O4/c1-2-3-4-5-6-10-15-20(23)17-12-9-13-18-21(24)16-11-7-8-14-19-22(25)26/h3-4,6,9-13,16-17,20-21,23-24H,2,5,7-8,14-15,18-19H2,1H3,(H,25,26)/b4-3-,10-6-,13-9-,16-11+,17-12-. The summed E-state index contributed by atoms with van der Waals surface area (Å²) in [6.07, 6.45) is 23.5. The van der Waals surface area contributed by atoms with Crippen LogP contribution >= 0.6 is 0 Å². The molecule has 0 aliphatic rings. The van der Waals surface area contributed by atoms with Crippen LogP contribution < -0.4 is 0 Å². The van der Waals surface area contributed by atoms with Gasteiger partial charge in [-0.1, -0.05) is 67.7 Å². The van der Waals surface area contributed by atoms with Gasteiger partial charge in [0.2, 0.25) is 0 Å². The lowest BCUT2D eigenvalue weighted by Crippen LogP contribution is -1.99. The molecule has 4 nitrogen and oxygen atoms in total. The Morgan fingerprint density at radius 1 is 0.846 bits per heavy atom. The van der Waals surface area contributed by atoms with E-state index in [4.69, 9.17) is 5.11 Å². The highest BCUT2D eigenvalue weighted by molar-refractivity contribution is 5.66. The minimum atomic E-state index is -0.766. The van der Waals surface area contributed by atoms with Gasteiger partial charge in [0.15, 0.2) is 0 Å².